The van der Waals surface area contributed by atoms with Crippen molar-refractivity contribution < 1.29 is 13.2 Å². The van der Waals surface area contributed by atoms with Gasteiger partial charge in [-0.25, -0.2) is 4.98 Å². The van der Waals surface area contributed by atoms with Crippen LogP contribution in [0.3, 0.4) is 0 Å². The minimum atomic E-state index is -4.57. The topological polar surface area (TPSA) is 42.2 Å². The summed E-state index contributed by atoms with van der Waals surface area (Å²) >= 11 is 0. The van der Waals surface area contributed by atoms with Crippen LogP contribution < -0.4 is 5.32 Å². The normalized spacial score (nSPS) is 12.2. The lowest BCUT2D eigenvalue weighted by Crippen LogP contribution is -2.14. The zero-order valence-electron chi connectivity index (χ0n) is 14.4. The molecule has 4 nitrogen and oxygen atoms in total. The molecule has 0 radical (unpaired) electrons. The molecular weight excluding hydrogens is 329 g/mol. The van der Waals surface area contributed by atoms with E-state index in [9.17, 15) is 13.2 Å². The van der Waals surface area contributed by atoms with Crippen molar-refractivity contribution in [3.63, 3.8) is 0 Å². The lowest BCUT2D eigenvalue weighted by atomic mass is 10.0. The highest BCUT2D eigenvalue weighted by Crippen LogP contribution is 2.39. The summed E-state index contributed by atoms with van der Waals surface area (Å²) in [5.74, 6) is 0.487. The number of benzene rings is 1. The summed E-state index contributed by atoms with van der Waals surface area (Å²) in [5, 5.41) is 6.98. The van der Waals surface area contributed by atoms with E-state index in [0.717, 1.165) is 5.56 Å². The van der Waals surface area contributed by atoms with E-state index in [0.29, 0.717) is 17.1 Å². The second kappa shape index (κ2) is 6.06. The fourth-order valence-corrected chi connectivity index (χ4v) is 2.72. The van der Waals surface area contributed by atoms with Crippen LogP contribution in [0.25, 0.3) is 16.8 Å². The molecule has 25 heavy (non-hydrogen) atoms. The van der Waals surface area contributed by atoms with Crippen LogP contribution in [0.1, 0.15) is 30.8 Å². The van der Waals surface area contributed by atoms with E-state index in [4.69, 9.17) is 0 Å². The summed E-state index contributed by atoms with van der Waals surface area (Å²) in [6, 6.07) is 8.64. The minimum Gasteiger partial charge on any atom is -0.368 e. The number of hydrogen-bond acceptors (Lipinski definition) is 3. The van der Waals surface area contributed by atoms with Crippen molar-refractivity contribution in [3.8, 4) is 11.1 Å². The standard InChI is InChI=1S/C18H19F3N4/c1-10(2)22-14-9-12(4)23-17-15(13-7-5-11(3)6-8-13)16(18(19,20)21)24-25(14)17/h5-10,22H,1-4H3. The number of rotatable bonds is 3. The van der Waals surface area contributed by atoms with Gasteiger partial charge in [0.1, 0.15) is 5.82 Å². The molecule has 132 valence electrons. The van der Waals surface area contributed by atoms with E-state index < -0.39 is 11.9 Å². The summed E-state index contributed by atoms with van der Waals surface area (Å²) in [6.45, 7) is 7.47. The number of alkyl halides is 3. The number of anilines is 1. The first-order valence-electron chi connectivity index (χ1n) is 7.98. The van der Waals surface area contributed by atoms with Gasteiger partial charge >= 0.3 is 6.18 Å². The lowest BCUT2D eigenvalue weighted by molar-refractivity contribution is -0.140. The van der Waals surface area contributed by atoms with Gasteiger partial charge in [0.25, 0.3) is 0 Å². The Morgan fingerprint density at radius 1 is 1.08 bits per heavy atom. The van der Waals surface area contributed by atoms with Crippen molar-refractivity contribution in [3.05, 3.63) is 47.3 Å². The Morgan fingerprint density at radius 2 is 1.72 bits per heavy atom. The fraction of sp³-hybridized carbons (Fsp3) is 0.333. The number of hydrogen-bond donors (Lipinski definition) is 1. The molecule has 0 fully saturated rings. The Bertz CT molecular complexity index is 909. The van der Waals surface area contributed by atoms with Crippen molar-refractivity contribution in [1.29, 1.82) is 0 Å². The predicted octanol–water partition coefficient (Wildman–Crippen LogP) is 4.85. The van der Waals surface area contributed by atoms with E-state index in [2.05, 4.69) is 15.4 Å². The second-order valence-corrected chi connectivity index (χ2v) is 6.40. The Balaban J connectivity index is 2.36. The first kappa shape index (κ1) is 17.3. The lowest BCUT2D eigenvalue weighted by Gasteiger charge is -2.12. The van der Waals surface area contributed by atoms with Gasteiger partial charge in [0, 0.05) is 17.8 Å². The van der Waals surface area contributed by atoms with Crippen LogP contribution >= 0.6 is 0 Å². The SMILES string of the molecule is Cc1ccc(-c2c(C(F)(F)F)nn3c(NC(C)C)cc(C)nc23)cc1. The number of aryl methyl sites for hydroxylation is 2. The first-order valence-corrected chi connectivity index (χ1v) is 7.98. The van der Waals surface area contributed by atoms with E-state index in [1.807, 2.05) is 20.8 Å². The number of nitrogens with one attached hydrogen (secondary N) is 1. The molecule has 0 atom stereocenters. The number of nitrogens with zero attached hydrogens (tertiary/aromatic N) is 3. The molecule has 2 heterocycles. The summed E-state index contributed by atoms with van der Waals surface area (Å²) in [5.41, 5.74) is 1.31. The Kier molecular flexibility index (Phi) is 4.18. The second-order valence-electron chi connectivity index (χ2n) is 6.40. The molecule has 0 spiro atoms. The molecule has 3 rings (SSSR count). The Hall–Kier alpha value is -2.57. The average molecular weight is 348 g/mol. The van der Waals surface area contributed by atoms with Crippen LogP contribution in [0.5, 0.6) is 0 Å². The van der Waals surface area contributed by atoms with Crippen LogP contribution in [-0.4, -0.2) is 20.6 Å². The van der Waals surface area contributed by atoms with Crippen LogP contribution in [0, 0.1) is 13.8 Å². The third-order valence-corrected chi connectivity index (χ3v) is 3.76. The monoisotopic (exact) mass is 348 g/mol. The third-order valence-electron chi connectivity index (χ3n) is 3.76. The zero-order valence-corrected chi connectivity index (χ0v) is 14.4. The van der Waals surface area contributed by atoms with Crippen LogP contribution in [-0.2, 0) is 6.18 Å². The largest absolute Gasteiger partial charge is 0.435 e. The quantitative estimate of drug-likeness (QED) is 0.735. The van der Waals surface area contributed by atoms with Crippen molar-refractivity contribution in [2.45, 2.75) is 39.9 Å². The molecule has 0 amide bonds. The Labute approximate surface area is 143 Å². The van der Waals surface area contributed by atoms with Crippen LogP contribution in [0.4, 0.5) is 19.0 Å². The third kappa shape index (κ3) is 3.31. The number of fused-ring (bicyclic) bond motifs is 1. The van der Waals surface area contributed by atoms with Crippen LogP contribution in [0.2, 0.25) is 0 Å². The molecule has 0 saturated heterocycles. The smallest absolute Gasteiger partial charge is 0.368 e. The summed E-state index contributed by atoms with van der Waals surface area (Å²) in [4.78, 5) is 4.34. The van der Waals surface area contributed by atoms with Gasteiger partial charge in [-0.15, -0.1) is 0 Å². The maximum absolute atomic E-state index is 13.6. The average Bonchev–Trinajstić information content (AvgIpc) is 2.87. The van der Waals surface area contributed by atoms with Gasteiger partial charge in [-0.3, -0.25) is 0 Å². The molecule has 0 aliphatic heterocycles. The molecule has 1 aromatic carbocycles. The van der Waals surface area contributed by atoms with Gasteiger partial charge in [0.2, 0.25) is 0 Å². The predicted molar refractivity (Wildman–Crippen MR) is 91.7 cm³/mol. The van der Waals surface area contributed by atoms with Crippen molar-refractivity contribution in [2.75, 3.05) is 5.32 Å². The summed E-state index contributed by atoms with van der Waals surface area (Å²) in [6.07, 6.45) is -4.57. The first-order chi connectivity index (χ1) is 11.7. The van der Waals surface area contributed by atoms with Gasteiger partial charge in [-0.1, -0.05) is 29.8 Å². The van der Waals surface area contributed by atoms with E-state index in [-0.39, 0.29) is 17.3 Å². The minimum absolute atomic E-state index is 0.00278. The maximum Gasteiger partial charge on any atom is 0.435 e. The molecule has 7 heteroatoms. The molecule has 0 bridgehead atoms. The molecule has 0 aliphatic carbocycles. The van der Waals surface area contributed by atoms with Gasteiger partial charge in [0.15, 0.2) is 11.3 Å². The Morgan fingerprint density at radius 3 is 2.28 bits per heavy atom. The highest BCUT2D eigenvalue weighted by atomic mass is 19.4. The van der Waals surface area contributed by atoms with Gasteiger partial charge in [-0.2, -0.15) is 22.8 Å². The van der Waals surface area contributed by atoms with Crippen molar-refractivity contribution >= 4 is 11.5 Å². The molecular formula is C18H19F3N4. The van der Waals surface area contributed by atoms with Gasteiger partial charge in [-0.05, 0) is 33.3 Å². The highest BCUT2D eigenvalue weighted by Gasteiger charge is 2.39. The number of aromatic nitrogens is 3. The molecule has 1 N–H and O–H groups in total. The van der Waals surface area contributed by atoms with E-state index >= 15 is 0 Å². The molecule has 0 saturated carbocycles. The summed E-state index contributed by atoms with van der Waals surface area (Å²) in [7, 11) is 0. The van der Waals surface area contributed by atoms with Crippen molar-refractivity contribution in [1.82, 2.24) is 14.6 Å². The zero-order chi connectivity index (χ0) is 18.4. The van der Waals surface area contributed by atoms with Crippen LogP contribution in [0.15, 0.2) is 30.3 Å². The van der Waals surface area contributed by atoms with Gasteiger partial charge < -0.3 is 5.32 Å². The van der Waals surface area contributed by atoms with Crippen molar-refractivity contribution in [2.24, 2.45) is 0 Å². The molecule has 0 unspecified atom stereocenters. The summed E-state index contributed by atoms with van der Waals surface area (Å²) < 4.78 is 42.1. The van der Waals surface area contributed by atoms with E-state index in [1.165, 1.54) is 4.52 Å². The molecule has 3 aromatic rings. The van der Waals surface area contributed by atoms with Gasteiger partial charge in [0.05, 0.1) is 5.56 Å². The fourth-order valence-electron chi connectivity index (χ4n) is 2.72. The maximum atomic E-state index is 13.6. The highest BCUT2D eigenvalue weighted by molar-refractivity contribution is 5.81. The van der Waals surface area contributed by atoms with E-state index in [1.54, 1.807) is 37.3 Å². The molecule has 2 aromatic heterocycles. The molecule has 0 aliphatic rings. The number of halogens is 3.